The molecule has 1 aliphatic rings. The fraction of sp³-hybridized carbons (Fsp3) is 0.389. The van der Waals surface area contributed by atoms with E-state index in [0.29, 0.717) is 16.3 Å². The van der Waals surface area contributed by atoms with E-state index in [-0.39, 0.29) is 11.5 Å². The molecular weight excluding hydrogens is 374 g/mol. The summed E-state index contributed by atoms with van der Waals surface area (Å²) in [4.78, 5) is 13.6. The predicted octanol–water partition coefficient (Wildman–Crippen LogP) is 3.53. The second-order valence-electron chi connectivity index (χ2n) is 6.02. The highest BCUT2D eigenvalue weighted by molar-refractivity contribution is 7.93. The molecule has 0 spiro atoms. The number of carbonyl (C=O) groups is 1. The first-order valence-electron chi connectivity index (χ1n) is 8.36. The van der Waals surface area contributed by atoms with Crippen molar-refractivity contribution in [2.75, 3.05) is 18.4 Å². The Labute approximate surface area is 157 Å². The lowest BCUT2D eigenvalue weighted by Crippen LogP contribution is -2.16. The molecule has 3 rings (SSSR count). The number of anilines is 1. The van der Waals surface area contributed by atoms with Gasteiger partial charge in [-0.1, -0.05) is 0 Å². The second-order valence-corrected chi connectivity index (χ2v) is 8.81. The van der Waals surface area contributed by atoms with Gasteiger partial charge in [0.2, 0.25) is 0 Å². The molecular formula is C18H21NO5S2. The van der Waals surface area contributed by atoms with Crippen molar-refractivity contribution in [3.8, 4) is 5.75 Å². The fourth-order valence-corrected chi connectivity index (χ4v) is 5.76. The maximum Gasteiger partial charge on any atom is 0.341 e. The summed E-state index contributed by atoms with van der Waals surface area (Å²) in [6.45, 7) is 3.75. The van der Waals surface area contributed by atoms with Crippen LogP contribution in [0.3, 0.4) is 0 Å². The van der Waals surface area contributed by atoms with Crippen molar-refractivity contribution in [1.29, 1.82) is 0 Å². The Morgan fingerprint density at radius 2 is 2.08 bits per heavy atom. The molecule has 26 heavy (non-hydrogen) atoms. The fourth-order valence-electron chi connectivity index (χ4n) is 3.09. The lowest BCUT2D eigenvalue weighted by atomic mass is 10.1. The molecule has 0 radical (unpaired) electrons. The smallest absolute Gasteiger partial charge is 0.341 e. The minimum atomic E-state index is -3.82. The number of fused-ring (bicyclic) bond motifs is 1. The Hall–Kier alpha value is -2.06. The average Bonchev–Trinajstić information content (AvgIpc) is 3.14. The summed E-state index contributed by atoms with van der Waals surface area (Å²) in [5.41, 5.74) is 1.99. The largest absolute Gasteiger partial charge is 0.496 e. The lowest BCUT2D eigenvalue weighted by Gasteiger charge is -2.11. The van der Waals surface area contributed by atoms with Crippen molar-refractivity contribution >= 4 is 32.3 Å². The van der Waals surface area contributed by atoms with Gasteiger partial charge < -0.3 is 9.47 Å². The van der Waals surface area contributed by atoms with Gasteiger partial charge in [-0.15, -0.1) is 11.3 Å². The first kappa shape index (κ1) is 18.7. The molecule has 1 aromatic carbocycles. The second kappa shape index (κ2) is 7.28. The van der Waals surface area contributed by atoms with Crippen molar-refractivity contribution < 1.29 is 22.7 Å². The minimum Gasteiger partial charge on any atom is -0.496 e. The highest BCUT2D eigenvalue weighted by Gasteiger charge is 2.30. The van der Waals surface area contributed by atoms with Crippen molar-refractivity contribution in [2.24, 2.45) is 0 Å². The Bertz CT molecular complexity index is 947. The molecule has 0 amide bonds. The third-order valence-electron chi connectivity index (χ3n) is 4.30. The summed E-state index contributed by atoms with van der Waals surface area (Å²) in [5, 5.41) is 0.335. The first-order chi connectivity index (χ1) is 12.4. The molecule has 0 saturated carbocycles. The summed E-state index contributed by atoms with van der Waals surface area (Å²) in [6.07, 6.45) is 2.59. The molecule has 2 aromatic rings. The third kappa shape index (κ3) is 3.43. The summed E-state index contributed by atoms with van der Waals surface area (Å²) in [5.74, 6) is 0.141. The van der Waals surface area contributed by atoms with E-state index in [0.717, 1.165) is 35.3 Å². The highest BCUT2D eigenvalue weighted by Crippen LogP contribution is 2.40. The highest BCUT2D eigenvalue weighted by atomic mass is 32.2. The van der Waals surface area contributed by atoms with E-state index in [1.807, 2.05) is 0 Å². The van der Waals surface area contributed by atoms with Gasteiger partial charge in [0.25, 0.3) is 10.0 Å². The molecule has 0 saturated heterocycles. The van der Waals surface area contributed by atoms with E-state index in [2.05, 4.69) is 4.72 Å². The van der Waals surface area contributed by atoms with Crippen LogP contribution in [0.5, 0.6) is 5.75 Å². The SMILES string of the molecule is CCOC(=O)c1c(NS(=O)(=O)c2ccc(OC)c(C)c2)sc2c1CCC2. The minimum absolute atomic E-state index is 0.124. The van der Waals surface area contributed by atoms with E-state index < -0.39 is 16.0 Å². The van der Waals surface area contributed by atoms with Gasteiger partial charge in [0.15, 0.2) is 0 Å². The van der Waals surface area contributed by atoms with Gasteiger partial charge in [-0.05, 0) is 62.4 Å². The molecule has 1 heterocycles. The Balaban J connectivity index is 1.98. The van der Waals surface area contributed by atoms with E-state index in [1.165, 1.54) is 24.5 Å². The topological polar surface area (TPSA) is 81.7 Å². The van der Waals surface area contributed by atoms with Crippen LogP contribution in [0.1, 0.15) is 39.7 Å². The predicted molar refractivity (Wildman–Crippen MR) is 101 cm³/mol. The number of thiophene rings is 1. The molecule has 0 bridgehead atoms. The van der Waals surface area contributed by atoms with Gasteiger partial charge in [0, 0.05) is 4.88 Å². The molecule has 1 N–H and O–H groups in total. The molecule has 0 aliphatic heterocycles. The van der Waals surface area contributed by atoms with Crippen LogP contribution in [0.4, 0.5) is 5.00 Å². The van der Waals surface area contributed by atoms with Gasteiger partial charge in [0.1, 0.15) is 10.8 Å². The standard InChI is InChI=1S/C18H21NO5S2/c1-4-24-18(20)16-13-6-5-7-15(13)25-17(16)19-26(21,22)12-8-9-14(23-3)11(2)10-12/h8-10,19H,4-7H2,1-3H3. The summed E-state index contributed by atoms with van der Waals surface area (Å²) in [7, 11) is -2.29. The van der Waals surface area contributed by atoms with Crippen LogP contribution in [0.25, 0.3) is 0 Å². The van der Waals surface area contributed by atoms with Crippen LogP contribution in [-0.2, 0) is 27.6 Å². The quantitative estimate of drug-likeness (QED) is 0.757. The number of ether oxygens (including phenoxy) is 2. The number of methoxy groups -OCH3 is 1. The maximum absolute atomic E-state index is 12.8. The van der Waals surface area contributed by atoms with Gasteiger partial charge in [-0.2, -0.15) is 0 Å². The molecule has 0 unspecified atom stereocenters. The normalized spacial score (nSPS) is 13.3. The van der Waals surface area contributed by atoms with E-state index in [1.54, 1.807) is 26.0 Å². The first-order valence-corrected chi connectivity index (χ1v) is 10.7. The number of esters is 1. The van der Waals surface area contributed by atoms with Gasteiger partial charge in [-0.25, -0.2) is 13.2 Å². The molecule has 1 aromatic heterocycles. The van der Waals surface area contributed by atoms with Gasteiger partial charge in [-0.3, -0.25) is 4.72 Å². The Morgan fingerprint density at radius 3 is 2.73 bits per heavy atom. The summed E-state index contributed by atoms with van der Waals surface area (Å²) >= 11 is 1.32. The number of nitrogens with one attached hydrogen (secondary N) is 1. The van der Waals surface area contributed by atoms with Crippen LogP contribution in [0.2, 0.25) is 0 Å². The zero-order valence-electron chi connectivity index (χ0n) is 14.9. The monoisotopic (exact) mass is 395 g/mol. The molecule has 0 atom stereocenters. The molecule has 0 fully saturated rings. The lowest BCUT2D eigenvalue weighted by molar-refractivity contribution is 0.0527. The molecule has 140 valence electrons. The summed E-state index contributed by atoms with van der Waals surface area (Å²) < 4.78 is 38.5. The number of sulfonamides is 1. The van der Waals surface area contributed by atoms with Crippen LogP contribution < -0.4 is 9.46 Å². The molecule has 8 heteroatoms. The van der Waals surface area contributed by atoms with E-state index in [9.17, 15) is 13.2 Å². The Morgan fingerprint density at radius 1 is 1.31 bits per heavy atom. The van der Waals surface area contributed by atoms with Crippen LogP contribution in [0, 0.1) is 6.92 Å². The van der Waals surface area contributed by atoms with E-state index >= 15 is 0 Å². The number of aryl methyl sites for hydroxylation is 2. The number of hydrogen-bond donors (Lipinski definition) is 1. The van der Waals surface area contributed by atoms with Crippen molar-refractivity contribution in [1.82, 2.24) is 0 Å². The van der Waals surface area contributed by atoms with Crippen molar-refractivity contribution in [3.63, 3.8) is 0 Å². The molecule has 1 aliphatic carbocycles. The zero-order chi connectivity index (χ0) is 18.9. The van der Waals surface area contributed by atoms with Gasteiger partial charge >= 0.3 is 5.97 Å². The number of rotatable bonds is 6. The van der Waals surface area contributed by atoms with Crippen LogP contribution >= 0.6 is 11.3 Å². The number of hydrogen-bond acceptors (Lipinski definition) is 6. The van der Waals surface area contributed by atoms with Crippen molar-refractivity contribution in [3.05, 3.63) is 39.8 Å². The summed E-state index contributed by atoms with van der Waals surface area (Å²) in [6, 6.07) is 4.65. The Kier molecular flexibility index (Phi) is 5.24. The average molecular weight is 396 g/mol. The van der Waals surface area contributed by atoms with Gasteiger partial charge in [0.05, 0.1) is 24.2 Å². The third-order valence-corrected chi connectivity index (χ3v) is 6.99. The van der Waals surface area contributed by atoms with Crippen molar-refractivity contribution in [2.45, 2.75) is 38.0 Å². The zero-order valence-corrected chi connectivity index (χ0v) is 16.6. The number of benzene rings is 1. The molecule has 6 nitrogen and oxygen atoms in total. The van der Waals surface area contributed by atoms with Crippen LogP contribution in [0.15, 0.2) is 23.1 Å². The van der Waals surface area contributed by atoms with Crippen LogP contribution in [-0.4, -0.2) is 28.1 Å². The maximum atomic E-state index is 12.8. The number of carbonyl (C=O) groups excluding carboxylic acids is 1. The van der Waals surface area contributed by atoms with E-state index in [4.69, 9.17) is 9.47 Å².